The molecule has 0 heterocycles. The maximum Gasteiger partial charge on any atom is 0.126 e. The van der Waals surface area contributed by atoms with E-state index in [0.717, 1.165) is 41.0 Å². The molecule has 2 aromatic carbocycles. The van der Waals surface area contributed by atoms with Crippen LogP contribution in [0.15, 0.2) is 36.4 Å². The minimum atomic E-state index is -0.0855. The lowest BCUT2D eigenvalue weighted by Crippen LogP contribution is -2.07. The minimum absolute atomic E-state index is 0.0855. The molecule has 1 aliphatic rings. The van der Waals surface area contributed by atoms with Gasteiger partial charge in [-0.25, -0.2) is 4.39 Å². The van der Waals surface area contributed by atoms with Crippen LogP contribution in [-0.4, -0.2) is 7.11 Å². The van der Waals surface area contributed by atoms with Crippen LogP contribution < -0.4 is 10.1 Å². The van der Waals surface area contributed by atoms with Crippen LogP contribution in [0.25, 0.3) is 0 Å². The second-order valence-electron chi connectivity index (χ2n) is 5.23. The van der Waals surface area contributed by atoms with Gasteiger partial charge in [0.25, 0.3) is 0 Å². The summed E-state index contributed by atoms with van der Waals surface area (Å²) in [6, 6.07) is 11.6. The summed E-state index contributed by atoms with van der Waals surface area (Å²) in [6.45, 7) is 2.02. The number of methoxy groups -OCH3 is 1. The minimum Gasteiger partial charge on any atom is -0.496 e. The fourth-order valence-electron chi connectivity index (χ4n) is 2.93. The molecular formula is C17H18FNO. The standard InChI is InChI=1S/C17H18FNO/c1-11-10-12(6-9-17(11)20-2)19-16-8-7-13-14(16)4-3-5-15(13)18/h3-6,9-10,16,19H,7-8H2,1-2H3. The number of aryl methyl sites for hydroxylation is 1. The van der Waals surface area contributed by atoms with Crippen LogP contribution in [0.3, 0.4) is 0 Å². The van der Waals surface area contributed by atoms with Gasteiger partial charge in [0.05, 0.1) is 13.2 Å². The normalized spacial score (nSPS) is 16.9. The van der Waals surface area contributed by atoms with E-state index in [2.05, 4.69) is 11.4 Å². The van der Waals surface area contributed by atoms with Crippen molar-refractivity contribution >= 4 is 5.69 Å². The van der Waals surface area contributed by atoms with E-state index in [0.29, 0.717) is 0 Å². The maximum absolute atomic E-state index is 13.7. The Hall–Kier alpha value is -2.03. The average Bonchev–Trinajstić information content (AvgIpc) is 2.84. The fourth-order valence-corrected chi connectivity index (χ4v) is 2.93. The van der Waals surface area contributed by atoms with Crippen molar-refractivity contribution in [1.29, 1.82) is 0 Å². The van der Waals surface area contributed by atoms with Gasteiger partial charge in [-0.2, -0.15) is 0 Å². The molecular weight excluding hydrogens is 253 g/mol. The Morgan fingerprint density at radius 3 is 2.85 bits per heavy atom. The molecule has 104 valence electrons. The van der Waals surface area contributed by atoms with Crippen molar-refractivity contribution in [1.82, 2.24) is 0 Å². The zero-order valence-electron chi connectivity index (χ0n) is 11.7. The van der Waals surface area contributed by atoms with Crippen LogP contribution >= 0.6 is 0 Å². The smallest absolute Gasteiger partial charge is 0.126 e. The van der Waals surface area contributed by atoms with E-state index < -0.39 is 0 Å². The molecule has 1 atom stereocenters. The highest BCUT2D eigenvalue weighted by Gasteiger charge is 2.24. The van der Waals surface area contributed by atoms with Gasteiger partial charge in [0, 0.05) is 5.69 Å². The van der Waals surface area contributed by atoms with Gasteiger partial charge < -0.3 is 10.1 Å². The highest BCUT2D eigenvalue weighted by atomic mass is 19.1. The van der Waals surface area contributed by atoms with Gasteiger partial charge in [-0.3, -0.25) is 0 Å². The predicted molar refractivity (Wildman–Crippen MR) is 78.8 cm³/mol. The Kier molecular flexibility index (Phi) is 3.35. The Morgan fingerprint density at radius 2 is 2.10 bits per heavy atom. The van der Waals surface area contributed by atoms with E-state index in [1.54, 1.807) is 19.2 Å². The van der Waals surface area contributed by atoms with Crippen molar-refractivity contribution in [3.8, 4) is 5.75 Å². The van der Waals surface area contributed by atoms with E-state index in [9.17, 15) is 4.39 Å². The molecule has 2 aromatic rings. The Morgan fingerprint density at radius 1 is 1.25 bits per heavy atom. The summed E-state index contributed by atoms with van der Waals surface area (Å²) in [6.07, 6.45) is 1.73. The summed E-state index contributed by atoms with van der Waals surface area (Å²) >= 11 is 0. The van der Waals surface area contributed by atoms with Gasteiger partial charge in [-0.05, 0) is 60.7 Å². The van der Waals surface area contributed by atoms with Crippen molar-refractivity contribution in [3.05, 3.63) is 58.9 Å². The first kappa shape index (κ1) is 13.0. The number of rotatable bonds is 3. The van der Waals surface area contributed by atoms with Crippen molar-refractivity contribution in [2.75, 3.05) is 12.4 Å². The molecule has 0 amide bonds. The lowest BCUT2D eigenvalue weighted by atomic mass is 10.1. The average molecular weight is 271 g/mol. The third-order valence-corrected chi connectivity index (χ3v) is 3.95. The van der Waals surface area contributed by atoms with Gasteiger partial charge in [0.1, 0.15) is 11.6 Å². The lowest BCUT2D eigenvalue weighted by molar-refractivity contribution is 0.412. The Balaban J connectivity index is 1.84. The SMILES string of the molecule is COc1ccc(NC2CCc3c(F)cccc32)cc1C. The summed E-state index contributed by atoms with van der Waals surface area (Å²) in [5.41, 5.74) is 4.08. The molecule has 0 fully saturated rings. The van der Waals surface area contributed by atoms with E-state index in [1.807, 2.05) is 25.1 Å². The molecule has 0 spiro atoms. The van der Waals surface area contributed by atoms with Gasteiger partial charge >= 0.3 is 0 Å². The van der Waals surface area contributed by atoms with Crippen LogP contribution in [0, 0.1) is 12.7 Å². The van der Waals surface area contributed by atoms with Gasteiger partial charge in [-0.15, -0.1) is 0 Å². The molecule has 1 N–H and O–H groups in total. The van der Waals surface area contributed by atoms with Crippen LogP contribution in [0.2, 0.25) is 0 Å². The topological polar surface area (TPSA) is 21.3 Å². The third kappa shape index (κ3) is 2.24. The van der Waals surface area contributed by atoms with Crippen molar-refractivity contribution < 1.29 is 9.13 Å². The van der Waals surface area contributed by atoms with E-state index in [-0.39, 0.29) is 11.9 Å². The molecule has 0 saturated heterocycles. The Bertz CT molecular complexity index is 639. The number of halogens is 1. The second-order valence-corrected chi connectivity index (χ2v) is 5.23. The first-order valence-electron chi connectivity index (χ1n) is 6.87. The van der Waals surface area contributed by atoms with Crippen molar-refractivity contribution in [3.63, 3.8) is 0 Å². The van der Waals surface area contributed by atoms with Crippen LogP contribution in [0.5, 0.6) is 5.75 Å². The Labute approximate surface area is 118 Å². The van der Waals surface area contributed by atoms with Crippen molar-refractivity contribution in [2.45, 2.75) is 25.8 Å². The molecule has 0 bridgehead atoms. The largest absolute Gasteiger partial charge is 0.496 e. The molecule has 2 nitrogen and oxygen atoms in total. The van der Waals surface area contributed by atoms with Crippen LogP contribution in [0.1, 0.15) is 29.2 Å². The number of nitrogens with one attached hydrogen (secondary N) is 1. The molecule has 20 heavy (non-hydrogen) atoms. The lowest BCUT2D eigenvalue weighted by Gasteiger charge is -2.17. The summed E-state index contributed by atoms with van der Waals surface area (Å²) in [4.78, 5) is 0. The summed E-state index contributed by atoms with van der Waals surface area (Å²) in [5, 5.41) is 3.49. The number of hydrogen-bond acceptors (Lipinski definition) is 2. The zero-order valence-corrected chi connectivity index (χ0v) is 11.7. The quantitative estimate of drug-likeness (QED) is 0.901. The number of ether oxygens (including phenoxy) is 1. The maximum atomic E-state index is 13.7. The third-order valence-electron chi connectivity index (χ3n) is 3.95. The molecule has 1 unspecified atom stereocenters. The second kappa shape index (κ2) is 5.16. The first-order chi connectivity index (χ1) is 9.69. The fraction of sp³-hybridized carbons (Fsp3) is 0.294. The van der Waals surface area contributed by atoms with Crippen LogP contribution in [0.4, 0.5) is 10.1 Å². The number of fused-ring (bicyclic) bond motifs is 1. The van der Waals surface area contributed by atoms with Crippen LogP contribution in [-0.2, 0) is 6.42 Å². The molecule has 0 aliphatic heterocycles. The molecule has 3 rings (SSSR count). The highest BCUT2D eigenvalue weighted by Crippen LogP contribution is 2.35. The first-order valence-corrected chi connectivity index (χ1v) is 6.87. The van der Waals surface area contributed by atoms with E-state index in [1.165, 1.54) is 0 Å². The summed E-state index contributed by atoms with van der Waals surface area (Å²) in [7, 11) is 1.67. The summed E-state index contributed by atoms with van der Waals surface area (Å²) < 4.78 is 19.0. The summed E-state index contributed by atoms with van der Waals surface area (Å²) in [5.74, 6) is 0.797. The number of hydrogen-bond donors (Lipinski definition) is 1. The van der Waals surface area contributed by atoms with Gasteiger partial charge in [0.15, 0.2) is 0 Å². The van der Waals surface area contributed by atoms with Gasteiger partial charge in [-0.1, -0.05) is 12.1 Å². The number of anilines is 1. The van der Waals surface area contributed by atoms with E-state index in [4.69, 9.17) is 4.74 Å². The molecule has 0 radical (unpaired) electrons. The van der Waals surface area contributed by atoms with Crippen molar-refractivity contribution in [2.24, 2.45) is 0 Å². The van der Waals surface area contributed by atoms with E-state index >= 15 is 0 Å². The highest BCUT2D eigenvalue weighted by molar-refractivity contribution is 5.53. The molecule has 0 aromatic heterocycles. The molecule has 1 aliphatic carbocycles. The zero-order chi connectivity index (χ0) is 14.1. The monoisotopic (exact) mass is 271 g/mol. The predicted octanol–water partition coefficient (Wildman–Crippen LogP) is 4.24. The van der Waals surface area contributed by atoms with Gasteiger partial charge in [0.2, 0.25) is 0 Å². The molecule has 0 saturated carbocycles. The number of benzene rings is 2. The molecule has 3 heteroatoms.